The van der Waals surface area contributed by atoms with Gasteiger partial charge in [-0.3, -0.25) is 4.79 Å². The van der Waals surface area contributed by atoms with Crippen LogP contribution in [0.4, 0.5) is 10.1 Å². The summed E-state index contributed by atoms with van der Waals surface area (Å²) >= 11 is 0. The van der Waals surface area contributed by atoms with Gasteiger partial charge in [0, 0.05) is 0 Å². The van der Waals surface area contributed by atoms with E-state index in [0.29, 0.717) is 0 Å². The van der Waals surface area contributed by atoms with Crippen LogP contribution >= 0.6 is 0 Å². The van der Waals surface area contributed by atoms with Crippen molar-refractivity contribution in [2.45, 2.75) is 13.0 Å². The van der Waals surface area contributed by atoms with Crippen molar-refractivity contribution >= 4 is 23.5 Å². The predicted octanol–water partition coefficient (Wildman–Crippen LogP) is 0.441. The van der Waals surface area contributed by atoms with Gasteiger partial charge in [0.25, 0.3) is 5.91 Å². The van der Waals surface area contributed by atoms with E-state index in [4.69, 9.17) is 5.73 Å². The minimum atomic E-state index is -1.58. The first-order chi connectivity index (χ1) is 9.90. The molecule has 0 aliphatic carbocycles. The third kappa shape index (κ3) is 4.25. The Morgan fingerprint density at radius 1 is 1.38 bits per heavy atom. The standard InChI is InChI=1S/C13H15FN2O5/c1-3-21-13(19)10(15)11(17)16-9-6-7(14)4-5-8(9)12(18)20-2/h4-6,10H,3,15H2,1-2H3,(H,16,17). The number of carbonyl (C=O) groups is 3. The molecule has 1 amide bonds. The van der Waals surface area contributed by atoms with Crippen LogP contribution in [0.5, 0.6) is 0 Å². The van der Waals surface area contributed by atoms with Gasteiger partial charge in [0.15, 0.2) is 6.04 Å². The molecule has 3 N–H and O–H groups in total. The molecule has 0 spiro atoms. The van der Waals surface area contributed by atoms with Gasteiger partial charge in [0.1, 0.15) is 5.82 Å². The molecule has 0 saturated carbocycles. The number of hydrogen-bond donors (Lipinski definition) is 2. The normalized spacial score (nSPS) is 11.4. The minimum Gasteiger partial charge on any atom is -0.465 e. The number of benzene rings is 1. The average molecular weight is 298 g/mol. The first-order valence-corrected chi connectivity index (χ1v) is 6.01. The van der Waals surface area contributed by atoms with Crippen molar-refractivity contribution in [1.82, 2.24) is 0 Å². The van der Waals surface area contributed by atoms with E-state index < -0.39 is 29.7 Å². The molecule has 7 nitrogen and oxygen atoms in total. The Morgan fingerprint density at radius 2 is 2.05 bits per heavy atom. The average Bonchev–Trinajstić information content (AvgIpc) is 2.46. The number of halogens is 1. The molecule has 0 aliphatic heterocycles. The molecule has 0 radical (unpaired) electrons. The fraction of sp³-hybridized carbons (Fsp3) is 0.308. The van der Waals surface area contributed by atoms with Gasteiger partial charge in [-0.2, -0.15) is 0 Å². The van der Waals surface area contributed by atoms with E-state index in [1.54, 1.807) is 6.92 Å². The third-order valence-electron chi connectivity index (χ3n) is 2.47. The van der Waals surface area contributed by atoms with Gasteiger partial charge in [-0.25, -0.2) is 14.0 Å². The Hall–Kier alpha value is -2.48. The summed E-state index contributed by atoms with van der Waals surface area (Å²) in [6.07, 6.45) is 0. The largest absolute Gasteiger partial charge is 0.465 e. The Balaban J connectivity index is 2.96. The smallest absolute Gasteiger partial charge is 0.339 e. The van der Waals surface area contributed by atoms with E-state index in [1.807, 2.05) is 0 Å². The highest BCUT2D eigenvalue weighted by Crippen LogP contribution is 2.18. The summed E-state index contributed by atoms with van der Waals surface area (Å²) in [5.41, 5.74) is 5.18. The lowest BCUT2D eigenvalue weighted by atomic mass is 10.1. The van der Waals surface area contributed by atoms with Crippen molar-refractivity contribution in [3.63, 3.8) is 0 Å². The second-order valence-electron chi connectivity index (χ2n) is 3.90. The van der Waals surface area contributed by atoms with Crippen LogP contribution in [0.25, 0.3) is 0 Å². The first-order valence-electron chi connectivity index (χ1n) is 6.01. The topological polar surface area (TPSA) is 108 Å². The lowest BCUT2D eigenvalue weighted by molar-refractivity contribution is -0.146. The number of methoxy groups -OCH3 is 1. The number of nitrogens with two attached hydrogens (primary N) is 1. The van der Waals surface area contributed by atoms with Crippen LogP contribution in [0.15, 0.2) is 18.2 Å². The zero-order valence-electron chi connectivity index (χ0n) is 11.5. The molecule has 1 rings (SSSR count). The fourth-order valence-corrected chi connectivity index (χ4v) is 1.46. The lowest BCUT2D eigenvalue weighted by Gasteiger charge is -2.13. The van der Waals surface area contributed by atoms with Gasteiger partial charge < -0.3 is 20.5 Å². The van der Waals surface area contributed by atoms with Gasteiger partial charge in [-0.1, -0.05) is 0 Å². The Bertz CT molecular complexity index is 561. The van der Waals surface area contributed by atoms with E-state index >= 15 is 0 Å². The number of anilines is 1. The second-order valence-corrected chi connectivity index (χ2v) is 3.90. The van der Waals surface area contributed by atoms with Crippen molar-refractivity contribution in [3.8, 4) is 0 Å². The van der Waals surface area contributed by atoms with Crippen LogP contribution in [-0.2, 0) is 19.1 Å². The van der Waals surface area contributed by atoms with Crippen molar-refractivity contribution in [2.75, 3.05) is 19.0 Å². The highest BCUT2D eigenvalue weighted by Gasteiger charge is 2.25. The quantitative estimate of drug-likeness (QED) is 0.603. The number of ether oxygens (including phenoxy) is 2. The minimum absolute atomic E-state index is 0.0627. The number of hydrogen-bond acceptors (Lipinski definition) is 6. The molecule has 1 unspecified atom stereocenters. The SMILES string of the molecule is CCOC(=O)C(N)C(=O)Nc1cc(F)ccc1C(=O)OC. The van der Waals surface area contributed by atoms with Crippen molar-refractivity contribution < 1.29 is 28.2 Å². The Kier molecular flexibility index (Phi) is 5.79. The number of esters is 2. The summed E-state index contributed by atoms with van der Waals surface area (Å²) in [6.45, 7) is 1.62. The molecular weight excluding hydrogens is 283 g/mol. The Morgan fingerprint density at radius 3 is 2.62 bits per heavy atom. The molecule has 8 heteroatoms. The van der Waals surface area contributed by atoms with Gasteiger partial charge >= 0.3 is 11.9 Å². The van der Waals surface area contributed by atoms with Crippen molar-refractivity contribution in [3.05, 3.63) is 29.6 Å². The predicted molar refractivity (Wildman–Crippen MR) is 71.0 cm³/mol. The summed E-state index contributed by atoms with van der Waals surface area (Å²) in [4.78, 5) is 34.6. The third-order valence-corrected chi connectivity index (χ3v) is 2.47. The molecule has 0 aliphatic rings. The first kappa shape index (κ1) is 16.6. The van der Waals surface area contributed by atoms with Crippen LogP contribution in [0.3, 0.4) is 0 Å². The van der Waals surface area contributed by atoms with E-state index in [2.05, 4.69) is 14.8 Å². The molecule has 0 fully saturated rings. The molecule has 0 bridgehead atoms. The van der Waals surface area contributed by atoms with Crippen molar-refractivity contribution in [2.24, 2.45) is 5.73 Å². The number of carbonyl (C=O) groups excluding carboxylic acids is 3. The molecule has 0 saturated heterocycles. The van der Waals surface area contributed by atoms with Gasteiger partial charge in [0.05, 0.1) is 25.0 Å². The summed E-state index contributed by atoms with van der Waals surface area (Å²) in [5.74, 6) is -3.30. The van der Waals surface area contributed by atoms with Crippen LogP contribution in [0.1, 0.15) is 17.3 Å². The van der Waals surface area contributed by atoms with E-state index in [-0.39, 0.29) is 17.9 Å². The molecule has 1 aromatic rings. The van der Waals surface area contributed by atoms with E-state index in [1.165, 1.54) is 0 Å². The van der Waals surface area contributed by atoms with Crippen LogP contribution in [0, 0.1) is 5.82 Å². The van der Waals surface area contributed by atoms with E-state index in [0.717, 1.165) is 25.3 Å². The highest BCUT2D eigenvalue weighted by atomic mass is 19.1. The number of amides is 1. The van der Waals surface area contributed by atoms with Crippen LogP contribution < -0.4 is 11.1 Å². The molecule has 21 heavy (non-hydrogen) atoms. The summed E-state index contributed by atoms with van der Waals surface area (Å²) in [6, 6.07) is 1.51. The molecule has 0 heterocycles. The number of nitrogens with one attached hydrogen (secondary N) is 1. The van der Waals surface area contributed by atoms with Crippen LogP contribution in [0.2, 0.25) is 0 Å². The lowest BCUT2D eigenvalue weighted by Crippen LogP contribution is -2.43. The summed E-state index contributed by atoms with van der Waals surface area (Å²) in [7, 11) is 1.14. The zero-order chi connectivity index (χ0) is 16.0. The fourth-order valence-electron chi connectivity index (χ4n) is 1.46. The monoisotopic (exact) mass is 298 g/mol. The zero-order valence-corrected chi connectivity index (χ0v) is 11.5. The number of rotatable bonds is 5. The molecule has 1 aromatic carbocycles. The van der Waals surface area contributed by atoms with E-state index in [9.17, 15) is 18.8 Å². The van der Waals surface area contributed by atoms with Gasteiger partial charge in [-0.05, 0) is 25.1 Å². The maximum Gasteiger partial charge on any atom is 0.339 e. The van der Waals surface area contributed by atoms with Crippen LogP contribution in [-0.4, -0.2) is 37.6 Å². The highest BCUT2D eigenvalue weighted by molar-refractivity contribution is 6.10. The second kappa shape index (κ2) is 7.34. The van der Waals surface area contributed by atoms with Crippen molar-refractivity contribution in [1.29, 1.82) is 0 Å². The van der Waals surface area contributed by atoms with Gasteiger partial charge in [0.2, 0.25) is 0 Å². The summed E-state index contributed by atoms with van der Waals surface area (Å²) < 4.78 is 22.3. The molecule has 0 aromatic heterocycles. The molecular formula is C13H15FN2O5. The maximum absolute atomic E-state index is 13.2. The summed E-state index contributed by atoms with van der Waals surface area (Å²) in [5, 5.41) is 2.20. The molecule has 114 valence electrons. The Labute approximate surface area is 120 Å². The maximum atomic E-state index is 13.2. The molecule has 1 atom stereocenters. The van der Waals surface area contributed by atoms with Gasteiger partial charge in [-0.15, -0.1) is 0 Å².